The highest BCUT2D eigenvalue weighted by molar-refractivity contribution is 5.93. The summed E-state index contributed by atoms with van der Waals surface area (Å²) in [6.07, 6.45) is 0. The van der Waals surface area contributed by atoms with Gasteiger partial charge in [-0.1, -0.05) is 0 Å². The minimum absolute atomic E-state index is 0.00908. The maximum Gasteiger partial charge on any atom is 0.269 e. The van der Waals surface area contributed by atoms with Crippen molar-refractivity contribution in [3.05, 3.63) is 46.1 Å². The second-order valence-corrected chi connectivity index (χ2v) is 3.95. The van der Waals surface area contributed by atoms with Crippen LogP contribution in [0.1, 0.15) is 10.5 Å². The minimum atomic E-state index is -0.484. The number of hydrogen-bond donors (Lipinski definition) is 3. The van der Waals surface area contributed by atoms with Gasteiger partial charge in [-0.2, -0.15) is 5.10 Å². The predicted molar refractivity (Wildman–Crippen MR) is 70.1 cm³/mol. The number of H-pyrrole nitrogens is 1. The number of nitrogens with one attached hydrogen (secondary N) is 2. The molecule has 0 saturated heterocycles. The zero-order valence-corrected chi connectivity index (χ0v) is 10.4. The van der Waals surface area contributed by atoms with Crippen molar-refractivity contribution in [3.8, 4) is 11.3 Å². The van der Waals surface area contributed by atoms with E-state index in [2.05, 4.69) is 15.5 Å². The summed E-state index contributed by atoms with van der Waals surface area (Å²) in [5.41, 5.74) is 1.42. The van der Waals surface area contributed by atoms with Crippen molar-refractivity contribution in [3.63, 3.8) is 0 Å². The number of aromatic amines is 1. The van der Waals surface area contributed by atoms with Crippen molar-refractivity contribution in [2.24, 2.45) is 0 Å². The van der Waals surface area contributed by atoms with Gasteiger partial charge >= 0.3 is 0 Å². The lowest BCUT2D eigenvalue weighted by molar-refractivity contribution is -0.384. The highest BCUT2D eigenvalue weighted by Crippen LogP contribution is 2.21. The van der Waals surface area contributed by atoms with Crippen molar-refractivity contribution in [1.29, 1.82) is 0 Å². The molecule has 1 aromatic carbocycles. The number of nitro benzene ring substituents is 1. The molecule has 1 aromatic heterocycles. The molecule has 8 heteroatoms. The summed E-state index contributed by atoms with van der Waals surface area (Å²) >= 11 is 0. The molecule has 20 heavy (non-hydrogen) atoms. The quantitative estimate of drug-likeness (QED) is 0.548. The van der Waals surface area contributed by atoms with Crippen LogP contribution in [0.5, 0.6) is 0 Å². The number of amides is 1. The van der Waals surface area contributed by atoms with Crippen molar-refractivity contribution >= 4 is 11.6 Å². The Morgan fingerprint density at radius 3 is 2.70 bits per heavy atom. The molecule has 1 heterocycles. The Morgan fingerprint density at radius 1 is 1.40 bits per heavy atom. The van der Waals surface area contributed by atoms with E-state index in [1.165, 1.54) is 18.2 Å². The Kier molecular flexibility index (Phi) is 4.06. The first kappa shape index (κ1) is 13.7. The molecule has 0 atom stereocenters. The third kappa shape index (κ3) is 2.98. The monoisotopic (exact) mass is 276 g/mol. The lowest BCUT2D eigenvalue weighted by Gasteiger charge is -1.98. The molecular formula is C12H12N4O4. The van der Waals surface area contributed by atoms with Gasteiger partial charge in [0.05, 0.1) is 17.2 Å². The number of nitro groups is 1. The van der Waals surface area contributed by atoms with Gasteiger partial charge in [0.15, 0.2) is 0 Å². The highest BCUT2D eigenvalue weighted by atomic mass is 16.6. The number of aromatic nitrogens is 2. The number of hydrogen-bond acceptors (Lipinski definition) is 5. The van der Waals surface area contributed by atoms with Crippen LogP contribution in [0.4, 0.5) is 5.69 Å². The fourth-order valence-electron chi connectivity index (χ4n) is 1.60. The number of nitrogens with zero attached hydrogens (tertiary/aromatic N) is 2. The van der Waals surface area contributed by atoms with E-state index in [0.29, 0.717) is 11.3 Å². The van der Waals surface area contributed by atoms with Gasteiger partial charge in [0.2, 0.25) is 0 Å². The van der Waals surface area contributed by atoms with E-state index in [1.807, 2.05) is 0 Å². The summed E-state index contributed by atoms with van der Waals surface area (Å²) in [6.45, 7) is 0.0137. The zero-order chi connectivity index (χ0) is 14.5. The van der Waals surface area contributed by atoms with Gasteiger partial charge in [-0.25, -0.2) is 0 Å². The third-order valence-electron chi connectivity index (χ3n) is 2.59. The molecule has 2 rings (SSSR count). The molecule has 0 aliphatic heterocycles. The molecule has 2 aromatic rings. The molecule has 0 bridgehead atoms. The summed E-state index contributed by atoms with van der Waals surface area (Å²) in [5.74, 6) is -0.375. The number of carbonyl (C=O) groups excluding carboxylic acids is 1. The summed E-state index contributed by atoms with van der Waals surface area (Å²) in [7, 11) is 0. The van der Waals surface area contributed by atoms with Gasteiger partial charge in [-0.05, 0) is 18.2 Å². The third-order valence-corrected chi connectivity index (χ3v) is 2.59. The van der Waals surface area contributed by atoms with Gasteiger partial charge in [-0.3, -0.25) is 20.0 Å². The van der Waals surface area contributed by atoms with E-state index in [-0.39, 0.29) is 30.4 Å². The molecule has 1 amide bonds. The topological polar surface area (TPSA) is 121 Å². The smallest absolute Gasteiger partial charge is 0.269 e. The Morgan fingerprint density at radius 2 is 2.10 bits per heavy atom. The second kappa shape index (κ2) is 5.93. The first-order valence-corrected chi connectivity index (χ1v) is 5.81. The number of aliphatic hydroxyl groups is 1. The van der Waals surface area contributed by atoms with Crippen LogP contribution < -0.4 is 5.32 Å². The molecule has 104 valence electrons. The Balaban J connectivity index is 2.16. The standard InChI is InChI=1S/C12H12N4O4/c17-6-5-13-12(18)11-7-10(14-15-11)8-1-3-9(4-2-8)16(19)20/h1-4,7,17H,5-6H2,(H,13,18)(H,14,15). The number of aliphatic hydroxyl groups excluding tert-OH is 1. The molecule has 0 aliphatic rings. The first-order chi connectivity index (χ1) is 9.61. The molecule has 0 spiro atoms. The van der Waals surface area contributed by atoms with Crippen molar-refractivity contribution in [2.75, 3.05) is 13.2 Å². The largest absolute Gasteiger partial charge is 0.395 e. The fraction of sp³-hybridized carbons (Fsp3) is 0.167. The number of rotatable bonds is 5. The zero-order valence-electron chi connectivity index (χ0n) is 10.4. The molecule has 0 unspecified atom stereocenters. The number of non-ortho nitro benzene ring substituents is 1. The van der Waals surface area contributed by atoms with E-state index in [1.54, 1.807) is 12.1 Å². The molecule has 8 nitrogen and oxygen atoms in total. The van der Waals surface area contributed by atoms with E-state index in [0.717, 1.165) is 0 Å². The van der Waals surface area contributed by atoms with E-state index in [4.69, 9.17) is 5.11 Å². The lowest BCUT2D eigenvalue weighted by atomic mass is 10.1. The summed E-state index contributed by atoms with van der Waals surface area (Å²) < 4.78 is 0. The Hall–Kier alpha value is -2.74. The highest BCUT2D eigenvalue weighted by Gasteiger charge is 2.11. The number of carbonyl (C=O) groups is 1. The molecule has 3 N–H and O–H groups in total. The van der Waals surface area contributed by atoms with Crippen molar-refractivity contribution < 1.29 is 14.8 Å². The maximum atomic E-state index is 11.6. The predicted octanol–water partition coefficient (Wildman–Crippen LogP) is 0.707. The fourth-order valence-corrected chi connectivity index (χ4v) is 1.60. The van der Waals surface area contributed by atoms with E-state index >= 15 is 0 Å². The van der Waals surface area contributed by atoms with Crippen molar-refractivity contribution in [2.45, 2.75) is 0 Å². The minimum Gasteiger partial charge on any atom is -0.395 e. The molecule has 0 aliphatic carbocycles. The van der Waals surface area contributed by atoms with Crippen LogP contribution in [0.25, 0.3) is 11.3 Å². The molecule has 0 saturated carbocycles. The summed E-state index contributed by atoms with van der Waals surface area (Å²) in [6, 6.07) is 7.40. The van der Waals surface area contributed by atoms with E-state index in [9.17, 15) is 14.9 Å². The van der Waals surface area contributed by atoms with Crippen LogP contribution >= 0.6 is 0 Å². The summed E-state index contributed by atoms with van der Waals surface area (Å²) in [4.78, 5) is 21.7. The molecule has 0 radical (unpaired) electrons. The van der Waals surface area contributed by atoms with Crippen LogP contribution in [0.2, 0.25) is 0 Å². The first-order valence-electron chi connectivity index (χ1n) is 5.81. The van der Waals surface area contributed by atoms with Gasteiger partial charge in [0, 0.05) is 24.2 Å². The second-order valence-electron chi connectivity index (χ2n) is 3.95. The van der Waals surface area contributed by atoms with Crippen molar-refractivity contribution in [1.82, 2.24) is 15.5 Å². The van der Waals surface area contributed by atoms with Crippen LogP contribution in [0.15, 0.2) is 30.3 Å². The molecule has 0 fully saturated rings. The maximum absolute atomic E-state index is 11.6. The average Bonchev–Trinajstić information content (AvgIpc) is 2.94. The van der Waals surface area contributed by atoms with Gasteiger partial charge in [-0.15, -0.1) is 0 Å². The van der Waals surface area contributed by atoms with Gasteiger partial charge < -0.3 is 10.4 Å². The van der Waals surface area contributed by atoms with Crippen LogP contribution in [0.3, 0.4) is 0 Å². The molecular weight excluding hydrogens is 264 g/mol. The average molecular weight is 276 g/mol. The summed E-state index contributed by atoms with van der Waals surface area (Å²) in [5, 5.41) is 28.2. The Bertz CT molecular complexity index is 621. The van der Waals surface area contributed by atoms with Crippen LogP contribution in [-0.2, 0) is 0 Å². The lowest BCUT2D eigenvalue weighted by Crippen LogP contribution is -2.26. The Labute approximate surface area is 113 Å². The van der Waals surface area contributed by atoms with Gasteiger partial charge in [0.25, 0.3) is 11.6 Å². The van der Waals surface area contributed by atoms with Gasteiger partial charge in [0.1, 0.15) is 5.69 Å². The SMILES string of the molecule is O=C(NCCO)c1cc(-c2ccc([N+](=O)[O-])cc2)n[nH]1. The number of benzene rings is 1. The van der Waals surface area contributed by atoms with E-state index < -0.39 is 4.92 Å². The normalized spacial score (nSPS) is 10.2. The van der Waals surface area contributed by atoms with Crippen LogP contribution in [0, 0.1) is 10.1 Å². The van der Waals surface area contributed by atoms with Crippen LogP contribution in [-0.4, -0.2) is 39.3 Å².